The Morgan fingerprint density at radius 3 is 2.39 bits per heavy atom. The highest BCUT2D eigenvalue weighted by Gasteiger charge is 2.00. The summed E-state index contributed by atoms with van der Waals surface area (Å²) in [6.07, 6.45) is 1.06. The first-order chi connectivity index (χ1) is 8.83. The van der Waals surface area contributed by atoms with E-state index in [-0.39, 0.29) is 0 Å². The molecule has 0 radical (unpaired) electrons. The van der Waals surface area contributed by atoms with Gasteiger partial charge in [-0.15, -0.1) is 0 Å². The molecular weight excluding hydrogens is 222 g/mol. The number of rotatable bonds is 5. The van der Waals surface area contributed by atoms with Crippen LogP contribution in [0.25, 0.3) is 0 Å². The summed E-state index contributed by atoms with van der Waals surface area (Å²) < 4.78 is 0. The molecule has 1 aromatic heterocycles. The molecule has 0 bridgehead atoms. The quantitative estimate of drug-likeness (QED) is 0.843. The van der Waals surface area contributed by atoms with E-state index in [9.17, 15) is 0 Å². The second-order valence-corrected chi connectivity index (χ2v) is 4.13. The molecule has 0 unspecified atom stereocenters. The fourth-order valence-corrected chi connectivity index (χ4v) is 1.93. The van der Waals surface area contributed by atoms with Crippen LogP contribution in [-0.2, 0) is 13.0 Å². The fourth-order valence-electron chi connectivity index (χ4n) is 1.93. The molecule has 0 aliphatic carbocycles. The predicted octanol–water partition coefficient (Wildman–Crippen LogP) is 3.30. The lowest BCUT2D eigenvalue weighted by atomic mass is 10.1. The monoisotopic (exact) mass is 241 g/mol. The van der Waals surface area contributed by atoms with Crippen molar-refractivity contribution >= 4 is 11.6 Å². The van der Waals surface area contributed by atoms with Crippen LogP contribution in [0.1, 0.15) is 18.1 Å². The topological polar surface area (TPSA) is 37.0 Å². The van der Waals surface area contributed by atoms with E-state index >= 15 is 0 Å². The number of hydrogen-bond donors (Lipinski definition) is 2. The molecule has 1 aromatic carbocycles. The Balaban J connectivity index is 2.06. The zero-order chi connectivity index (χ0) is 12.8. The van der Waals surface area contributed by atoms with Crippen LogP contribution in [0.15, 0.2) is 42.5 Å². The number of benzene rings is 1. The van der Waals surface area contributed by atoms with Crippen molar-refractivity contribution in [2.24, 2.45) is 0 Å². The number of pyridine rings is 1. The third-order valence-corrected chi connectivity index (χ3v) is 2.96. The summed E-state index contributed by atoms with van der Waals surface area (Å²) in [6.45, 7) is 2.99. The molecule has 2 aromatic rings. The molecular formula is C15H19N3. The minimum absolute atomic E-state index is 0.810. The van der Waals surface area contributed by atoms with Gasteiger partial charge in [-0.25, -0.2) is 4.98 Å². The van der Waals surface area contributed by atoms with Crippen molar-refractivity contribution in [3.05, 3.63) is 53.6 Å². The van der Waals surface area contributed by atoms with E-state index in [0.29, 0.717) is 0 Å². The lowest BCUT2D eigenvalue weighted by Gasteiger charge is -2.10. The number of aryl methyl sites for hydroxylation is 1. The van der Waals surface area contributed by atoms with Crippen LogP contribution in [0.2, 0.25) is 0 Å². The van der Waals surface area contributed by atoms with Crippen LogP contribution in [-0.4, -0.2) is 12.0 Å². The van der Waals surface area contributed by atoms with E-state index in [1.807, 2.05) is 25.2 Å². The maximum Gasteiger partial charge on any atom is 0.128 e. The van der Waals surface area contributed by atoms with Gasteiger partial charge in [0.2, 0.25) is 0 Å². The third-order valence-electron chi connectivity index (χ3n) is 2.96. The van der Waals surface area contributed by atoms with Crippen molar-refractivity contribution in [3.63, 3.8) is 0 Å². The van der Waals surface area contributed by atoms with Gasteiger partial charge < -0.3 is 10.6 Å². The van der Waals surface area contributed by atoms with Crippen LogP contribution in [0.4, 0.5) is 11.6 Å². The second kappa shape index (κ2) is 6.05. The molecule has 2 rings (SSSR count). The van der Waals surface area contributed by atoms with Gasteiger partial charge in [-0.05, 0) is 29.7 Å². The third kappa shape index (κ3) is 3.00. The molecule has 3 nitrogen and oxygen atoms in total. The molecule has 3 heteroatoms. The molecule has 0 spiro atoms. The highest BCUT2D eigenvalue weighted by Crippen LogP contribution is 2.13. The van der Waals surface area contributed by atoms with Crippen LogP contribution in [0.3, 0.4) is 0 Å². The van der Waals surface area contributed by atoms with Gasteiger partial charge in [0.15, 0.2) is 0 Å². The van der Waals surface area contributed by atoms with E-state index in [2.05, 4.69) is 46.8 Å². The molecule has 0 atom stereocenters. The van der Waals surface area contributed by atoms with E-state index in [1.165, 1.54) is 11.1 Å². The van der Waals surface area contributed by atoms with Crippen LogP contribution >= 0.6 is 0 Å². The standard InChI is InChI=1S/C15H19N3/c1-3-12-7-4-5-8-13(12)11-17-15-10-6-9-14(16-2)18-15/h4-10H,3,11H2,1-2H3,(H2,16,17,18). The highest BCUT2D eigenvalue weighted by atomic mass is 15.0. The van der Waals surface area contributed by atoms with Gasteiger partial charge in [-0.1, -0.05) is 37.3 Å². The normalized spacial score (nSPS) is 10.1. The number of nitrogens with zero attached hydrogens (tertiary/aromatic N) is 1. The fraction of sp³-hybridized carbons (Fsp3) is 0.267. The number of nitrogens with one attached hydrogen (secondary N) is 2. The molecule has 0 aliphatic heterocycles. The summed E-state index contributed by atoms with van der Waals surface area (Å²) in [5, 5.41) is 6.40. The molecule has 0 fully saturated rings. The maximum absolute atomic E-state index is 4.44. The number of hydrogen-bond acceptors (Lipinski definition) is 3. The van der Waals surface area contributed by atoms with Crippen molar-refractivity contribution in [1.82, 2.24) is 4.98 Å². The average molecular weight is 241 g/mol. The Morgan fingerprint density at radius 1 is 0.944 bits per heavy atom. The highest BCUT2D eigenvalue weighted by molar-refractivity contribution is 5.45. The summed E-state index contributed by atoms with van der Waals surface area (Å²) in [5.74, 6) is 1.77. The summed E-state index contributed by atoms with van der Waals surface area (Å²) in [4.78, 5) is 4.44. The lowest BCUT2D eigenvalue weighted by molar-refractivity contribution is 1.03. The minimum atomic E-state index is 0.810. The predicted molar refractivity (Wildman–Crippen MR) is 76.9 cm³/mol. The summed E-state index contributed by atoms with van der Waals surface area (Å²) in [6, 6.07) is 14.4. The first kappa shape index (κ1) is 12.4. The lowest BCUT2D eigenvalue weighted by Crippen LogP contribution is -2.04. The van der Waals surface area contributed by atoms with E-state index in [1.54, 1.807) is 0 Å². The van der Waals surface area contributed by atoms with Gasteiger partial charge in [0.25, 0.3) is 0 Å². The second-order valence-electron chi connectivity index (χ2n) is 4.13. The Hall–Kier alpha value is -2.03. The zero-order valence-electron chi connectivity index (χ0n) is 10.9. The van der Waals surface area contributed by atoms with Gasteiger partial charge in [-0.2, -0.15) is 0 Å². The SMILES string of the molecule is CCc1ccccc1CNc1cccc(NC)n1. The summed E-state index contributed by atoms with van der Waals surface area (Å²) in [7, 11) is 1.87. The van der Waals surface area contributed by atoms with Gasteiger partial charge in [0, 0.05) is 13.6 Å². The van der Waals surface area contributed by atoms with Crippen molar-refractivity contribution in [3.8, 4) is 0 Å². The first-order valence-corrected chi connectivity index (χ1v) is 6.29. The largest absolute Gasteiger partial charge is 0.373 e. The average Bonchev–Trinajstić information content (AvgIpc) is 2.45. The van der Waals surface area contributed by atoms with Gasteiger partial charge in [0.1, 0.15) is 11.6 Å². The molecule has 0 saturated carbocycles. The molecule has 0 saturated heterocycles. The molecule has 0 amide bonds. The van der Waals surface area contributed by atoms with Gasteiger partial charge >= 0.3 is 0 Å². The number of aromatic nitrogens is 1. The van der Waals surface area contributed by atoms with Crippen LogP contribution < -0.4 is 10.6 Å². The van der Waals surface area contributed by atoms with Gasteiger partial charge in [-0.3, -0.25) is 0 Å². The minimum Gasteiger partial charge on any atom is -0.373 e. The molecule has 94 valence electrons. The Kier molecular flexibility index (Phi) is 4.18. The number of anilines is 2. The Bertz CT molecular complexity index is 509. The Morgan fingerprint density at radius 2 is 1.67 bits per heavy atom. The summed E-state index contributed by atoms with van der Waals surface area (Å²) in [5.41, 5.74) is 2.71. The van der Waals surface area contributed by atoms with Crippen LogP contribution in [0, 0.1) is 0 Å². The zero-order valence-corrected chi connectivity index (χ0v) is 10.9. The van der Waals surface area contributed by atoms with Crippen molar-refractivity contribution in [2.45, 2.75) is 19.9 Å². The van der Waals surface area contributed by atoms with Crippen molar-refractivity contribution in [2.75, 3.05) is 17.7 Å². The molecule has 0 aliphatic rings. The van der Waals surface area contributed by atoms with E-state index in [0.717, 1.165) is 24.6 Å². The molecule has 1 heterocycles. The van der Waals surface area contributed by atoms with E-state index in [4.69, 9.17) is 0 Å². The van der Waals surface area contributed by atoms with Crippen molar-refractivity contribution < 1.29 is 0 Å². The smallest absolute Gasteiger partial charge is 0.128 e. The summed E-state index contributed by atoms with van der Waals surface area (Å²) >= 11 is 0. The van der Waals surface area contributed by atoms with Gasteiger partial charge in [0.05, 0.1) is 0 Å². The van der Waals surface area contributed by atoms with Crippen LogP contribution in [0.5, 0.6) is 0 Å². The Labute approximate surface area is 108 Å². The van der Waals surface area contributed by atoms with E-state index < -0.39 is 0 Å². The van der Waals surface area contributed by atoms with Crippen molar-refractivity contribution in [1.29, 1.82) is 0 Å². The molecule has 18 heavy (non-hydrogen) atoms. The molecule has 2 N–H and O–H groups in total. The maximum atomic E-state index is 4.44. The first-order valence-electron chi connectivity index (χ1n) is 6.29.